The van der Waals surface area contributed by atoms with Gasteiger partial charge in [-0.25, -0.2) is 4.79 Å². The fourth-order valence-corrected chi connectivity index (χ4v) is 1.88. The molecule has 0 heterocycles. The van der Waals surface area contributed by atoms with Crippen molar-refractivity contribution in [2.24, 2.45) is 5.92 Å². The number of Topliss-reactive ketones (excluding diaryl/α,β-unsaturated/α-hetero) is 1. The molecule has 0 saturated heterocycles. The van der Waals surface area contributed by atoms with Crippen LogP contribution in [0.15, 0.2) is 0 Å². The van der Waals surface area contributed by atoms with Crippen LogP contribution < -0.4 is 0 Å². The molecule has 0 unspecified atom stereocenters. The van der Waals surface area contributed by atoms with Crippen molar-refractivity contribution in [3.63, 3.8) is 0 Å². The minimum atomic E-state index is -0.484. The molecule has 0 aromatic carbocycles. The molecule has 1 aliphatic carbocycles. The Morgan fingerprint density at radius 1 is 1.28 bits per heavy atom. The van der Waals surface area contributed by atoms with E-state index in [4.69, 9.17) is 4.74 Å². The van der Waals surface area contributed by atoms with Crippen molar-refractivity contribution in [3.05, 3.63) is 0 Å². The van der Waals surface area contributed by atoms with Crippen LogP contribution in [0, 0.1) is 5.92 Å². The molecule has 0 aromatic rings. The summed E-state index contributed by atoms with van der Waals surface area (Å²) in [5.74, 6) is 0.547. The number of rotatable bonds is 5. The van der Waals surface area contributed by atoms with E-state index < -0.39 is 5.60 Å². The van der Waals surface area contributed by atoms with Crippen molar-refractivity contribution in [1.29, 1.82) is 0 Å². The van der Waals surface area contributed by atoms with E-state index in [1.807, 2.05) is 27.7 Å². The van der Waals surface area contributed by atoms with Gasteiger partial charge in [-0.3, -0.25) is 4.79 Å². The standard InChI is InChI=1S/C14H25NO3/c1-5-15(13(17)18-14(2,3)4)10-9-12(16)11-7-6-8-11/h11H,5-10H2,1-4H3. The van der Waals surface area contributed by atoms with Crippen LogP contribution in [0.5, 0.6) is 0 Å². The minimum Gasteiger partial charge on any atom is -0.444 e. The predicted molar refractivity (Wildman–Crippen MR) is 70.4 cm³/mol. The molecule has 0 spiro atoms. The average Bonchev–Trinajstić information content (AvgIpc) is 2.12. The quantitative estimate of drug-likeness (QED) is 0.758. The molecule has 0 bridgehead atoms. The molecule has 104 valence electrons. The van der Waals surface area contributed by atoms with Gasteiger partial charge in [-0.1, -0.05) is 6.42 Å². The lowest BCUT2D eigenvalue weighted by Crippen LogP contribution is -2.38. The van der Waals surface area contributed by atoms with Gasteiger partial charge in [-0.05, 0) is 40.5 Å². The number of hydrogen-bond acceptors (Lipinski definition) is 3. The number of hydrogen-bond donors (Lipinski definition) is 0. The molecule has 0 radical (unpaired) electrons. The second kappa shape index (κ2) is 6.21. The maximum Gasteiger partial charge on any atom is 0.410 e. The van der Waals surface area contributed by atoms with Crippen LogP contribution in [0.4, 0.5) is 4.79 Å². The van der Waals surface area contributed by atoms with Crippen molar-refractivity contribution >= 4 is 11.9 Å². The van der Waals surface area contributed by atoms with Gasteiger partial charge in [0.2, 0.25) is 0 Å². The fourth-order valence-electron chi connectivity index (χ4n) is 1.88. The Kier molecular flexibility index (Phi) is 5.17. The molecule has 0 atom stereocenters. The van der Waals surface area contributed by atoms with E-state index in [2.05, 4.69) is 0 Å². The Labute approximate surface area is 110 Å². The monoisotopic (exact) mass is 255 g/mol. The highest BCUT2D eigenvalue weighted by Gasteiger charge is 2.26. The number of nitrogens with zero attached hydrogens (tertiary/aromatic N) is 1. The third-order valence-corrected chi connectivity index (χ3v) is 3.22. The lowest BCUT2D eigenvalue weighted by Gasteiger charge is -2.28. The SMILES string of the molecule is CCN(CCC(=O)C1CCC1)C(=O)OC(C)(C)C. The van der Waals surface area contributed by atoms with Gasteiger partial charge < -0.3 is 9.64 Å². The van der Waals surface area contributed by atoms with Gasteiger partial charge in [-0.15, -0.1) is 0 Å². The van der Waals surface area contributed by atoms with Crippen LogP contribution in [-0.4, -0.2) is 35.5 Å². The number of ether oxygens (including phenoxy) is 1. The summed E-state index contributed by atoms with van der Waals surface area (Å²) in [6.45, 7) is 8.49. The van der Waals surface area contributed by atoms with Crippen LogP contribution in [0.3, 0.4) is 0 Å². The molecular formula is C14H25NO3. The Bertz CT molecular complexity index is 303. The zero-order valence-electron chi connectivity index (χ0n) is 12.0. The first-order chi connectivity index (χ1) is 8.33. The van der Waals surface area contributed by atoms with Crippen molar-refractivity contribution < 1.29 is 14.3 Å². The molecule has 1 aliphatic rings. The summed E-state index contributed by atoms with van der Waals surface area (Å²) in [7, 11) is 0. The molecule has 4 heteroatoms. The van der Waals surface area contributed by atoms with E-state index in [9.17, 15) is 9.59 Å². The van der Waals surface area contributed by atoms with Crippen molar-refractivity contribution in [2.75, 3.05) is 13.1 Å². The smallest absolute Gasteiger partial charge is 0.410 e. The van der Waals surface area contributed by atoms with E-state index in [-0.39, 0.29) is 12.0 Å². The van der Waals surface area contributed by atoms with Gasteiger partial charge in [0.15, 0.2) is 0 Å². The summed E-state index contributed by atoms with van der Waals surface area (Å²) in [4.78, 5) is 25.2. The van der Waals surface area contributed by atoms with E-state index >= 15 is 0 Å². The summed E-state index contributed by atoms with van der Waals surface area (Å²) >= 11 is 0. The van der Waals surface area contributed by atoms with Crippen LogP contribution in [0.2, 0.25) is 0 Å². The van der Waals surface area contributed by atoms with Crippen molar-refractivity contribution in [3.8, 4) is 0 Å². The lowest BCUT2D eigenvalue weighted by atomic mass is 9.81. The van der Waals surface area contributed by atoms with Gasteiger partial charge in [0.05, 0.1) is 0 Å². The highest BCUT2D eigenvalue weighted by Crippen LogP contribution is 2.28. The summed E-state index contributed by atoms with van der Waals surface area (Å²) in [5.41, 5.74) is -0.484. The average molecular weight is 255 g/mol. The van der Waals surface area contributed by atoms with Crippen LogP contribution in [0.25, 0.3) is 0 Å². The van der Waals surface area contributed by atoms with Gasteiger partial charge >= 0.3 is 6.09 Å². The lowest BCUT2D eigenvalue weighted by molar-refractivity contribution is -0.125. The number of ketones is 1. The summed E-state index contributed by atoms with van der Waals surface area (Å²) < 4.78 is 5.30. The van der Waals surface area contributed by atoms with E-state index in [0.29, 0.717) is 25.3 Å². The van der Waals surface area contributed by atoms with Gasteiger partial charge in [0.1, 0.15) is 11.4 Å². The van der Waals surface area contributed by atoms with Gasteiger partial charge in [-0.2, -0.15) is 0 Å². The summed E-state index contributed by atoms with van der Waals surface area (Å²) in [6.07, 6.45) is 3.35. The molecule has 4 nitrogen and oxygen atoms in total. The van der Waals surface area contributed by atoms with Gasteiger partial charge in [0.25, 0.3) is 0 Å². The van der Waals surface area contributed by atoms with Crippen LogP contribution >= 0.6 is 0 Å². The Morgan fingerprint density at radius 3 is 2.28 bits per heavy atom. The largest absolute Gasteiger partial charge is 0.444 e. The minimum absolute atomic E-state index is 0.252. The van der Waals surface area contributed by atoms with Crippen LogP contribution in [-0.2, 0) is 9.53 Å². The predicted octanol–water partition coefficient (Wildman–Crippen LogP) is 3.00. The molecular weight excluding hydrogens is 230 g/mol. The first-order valence-corrected chi connectivity index (χ1v) is 6.84. The molecule has 1 saturated carbocycles. The molecule has 0 aromatic heterocycles. The molecule has 1 rings (SSSR count). The van der Waals surface area contributed by atoms with Gasteiger partial charge in [0, 0.05) is 25.4 Å². The normalized spacial score (nSPS) is 16.0. The number of amides is 1. The third-order valence-electron chi connectivity index (χ3n) is 3.22. The maximum absolute atomic E-state index is 11.8. The molecule has 0 N–H and O–H groups in total. The fraction of sp³-hybridized carbons (Fsp3) is 0.857. The third kappa shape index (κ3) is 4.67. The zero-order chi connectivity index (χ0) is 13.8. The molecule has 18 heavy (non-hydrogen) atoms. The Balaban J connectivity index is 2.36. The second-order valence-corrected chi connectivity index (χ2v) is 5.90. The first kappa shape index (κ1) is 15.0. The number of carbonyl (C=O) groups is 2. The Morgan fingerprint density at radius 2 is 1.89 bits per heavy atom. The van der Waals surface area contributed by atoms with E-state index in [1.165, 1.54) is 6.42 Å². The highest BCUT2D eigenvalue weighted by molar-refractivity contribution is 5.82. The first-order valence-electron chi connectivity index (χ1n) is 6.84. The topological polar surface area (TPSA) is 46.6 Å². The number of carbonyl (C=O) groups excluding carboxylic acids is 2. The van der Waals surface area contributed by atoms with Crippen LogP contribution in [0.1, 0.15) is 53.4 Å². The maximum atomic E-state index is 11.8. The Hall–Kier alpha value is -1.06. The second-order valence-electron chi connectivity index (χ2n) is 5.90. The summed E-state index contributed by atoms with van der Waals surface area (Å²) in [5, 5.41) is 0. The van der Waals surface area contributed by atoms with Crippen molar-refractivity contribution in [1.82, 2.24) is 4.90 Å². The van der Waals surface area contributed by atoms with E-state index in [0.717, 1.165) is 12.8 Å². The van der Waals surface area contributed by atoms with E-state index in [1.54, 1.807) is 4.90 Å². The highest BCUT2D eigenvalue weighted by atomic mass is 16.6. The summed E-state index contributed by atoms with van der Waals surface area (Å²) in [6, 6.07) is 0. The molecule has 0 aliphatic heterocycles. The molecule has 1 amide bonds. The van der Waals surface area contributed by atoms with Crippen molar-refractivity contribution in [2.45, 2.75) is 59.0 Å². The molecule has 1 fully saturated rings. The zero-order valence-corrected chi connectivity index (χ0v) is 12.0.